The Balaban J connectivity index is 2.98. The molecule has 0 radical (unpaired) electrons. The van der Waals surface area contributed by atoms with Crippen molar-refractivity contribution in [3.8, 4) is 0 Å². The lowest BCUT2D eigenvalue weighted by Gasteiger charge is -2.40. The van der Waals surface area contributed by atoms with Crippen LogP contribution in [0.3, 0.4) is 0 Å². The van der Waals surface area contributed by atoms with Gasteiger partial charge in [-0.15, -0.1) is 0 Å². The highest BCUT2D eigenvalue weighted by molar-refractivity contribution is 5.89. The van der Waals surface area contributed by atoms with E-state index < -0.39 is 61.0 Å². The fraction of sp³-hybridized carbons (Fsp3) is 0.733. The second-order valence-corrected chi connectivity index (χ2v) is 6.07. The highest BCUT2D eigenvalue weighted by Gasteiger charge is 2.81. The van der Waals surface area contributed by atoms with Gasteiger partial charge in [0, 0.05) is 12.0 Å². The number of carboxylic acids is 1. The third-order valence-corrected chi connectivity index (χ3v) is 4.14. The second-order valence-electron chi connectivity index (χ2n) is 6.07. The second kappa shape index (κ2) is 8.01. The van der Waals surface area contributed by atoms with Crippen LogP contribution in [0.1, 0.15) is 32.1 Å². The van der Waals surface area contributed by atoms with Crippen molar-refractivity contribution in [3.05, 3.63) is 12.2 Å². The Morgan fingerprint density at radius 3 is 1.89 bits per heavy atom. The number of hydrogen-bond donors (Lipinski definition) is 0. The minimum Gasteiger partial charge on any atom is -0.545 e. The Labute approximate surface area is 148 Å². The van der Waals surface area contributed by atoms with Gasteiger partial charge in [0.05, 0.1) is 5.97 Å². The van der Waals surface area contributed by atoms with Crippen molar-refractivity contribution in [2.75, 3.05) is 6.61 Å². The summed E-state index contributed by atoms with van der Waals surface area (Å²) >= 11 is 0. The molecule has 0 aromatic rings. The quantitative estimate of drug-likeness (QED) is 0.350. The molecule has 0 amide bonds. The van der Waals surface area contributed by atoms with Gasteiger partial charge in [0.25, 0.3) is 0 Å². The summed E-state index contributed by atoms with van der Waals surface area (Å²) < 4.78 is 114. The van der Waals surface area contributed by atoms with E-state index in [1.807, 2.05) is 0 Å². The summed E-state index contributed by atoms with van der Waals surface area (Å²) in [5.41, 5.74) is 0. The highest BCUT2D eigenvalue weighted by atomic mass is 19.4. The molecular weight excluding hydrogens is 396 g/mol. The van der Waals surface area contributed by atoms with E-state index in [1.54, 1.807) is 0 Å². The molecular formula is C15H15F8O4-. The van der Waals surface area contributed by atoms with Gasteiger partial charge in [-0.3, -0.25) is 0 Å². The average molecular weight is 411 g/mol. The first-order valence-electron chi connectivity index (χ1n) is 7.74. The van der Waals surface area contributed by atoms with Crippen LogP contribution in [0.2, 0.25) is 0 Å². The number of rotatable bonds is 8. The first-order valence-corrected chi connectivity index (χ1v) is 7.74. The molecule has 1 aliphatic carbocycles. The first kappa shape index (κ1) is 23.2. The molecule has 4 nitrogen and oxygen atoms in total. The maximum atomic E-state index is 14.0. The molecule has 0 aliphatic heterocycles. The van der Waals surface area contributed by atoms with Crippen LogP contribution in [0.15, 0.2) is 12.2 Å². The number of carbonyl (C=O) groups excluding carboxylic acids is 2. The van der Waals surface area contributed by atoms with E-state index >= 15 is 0 Å². The van der Waals surface area contributed by atoms with Crippen LogP contribution in [0, 0.1) is 5.92 Å². The average Bonchev–Trinajstić information content (AvgIpc) is 2.58. The van der Waals surface area contributed by atoms with E-state index in [0.717, 1.165) is 0 Å². The fourth-order valence-corrected chi connectivity index (χ4v) is 2.60. The molecule has 156 valence electrons. The minimum absolute atomic E-state index is 0.00166. The normalized spacial score (nSPS) is 17.9. The van der Waals surface area contributed by atoms with Crippen molar-refractivity contribution in [1.82, 2.24) is 0 Å². The summed E-state index contributed by atoms with van der Waals surface area (Å²) in [4.78, 5) is 20.9. The molecule has 0 bridgehead atoms. The predicted molar refractivity (Wildman–Crippen MR) is 71.5 cm³/mol. The molecule has 0 spiro atoms. The van der Waals surface area contributed by atoms with Crippen molar-refractivity contribution in [2.24, 2.45) is 5.92 Å². The molecule has 0 heterocycles. The molecule has 0 N–H and O–H groups in total. The summed E-state index contributed by atoms with van der Waals surface area (Å²) in [6.07, 6.45) is -0.468. The van der Waals surface area contributed by atoms with E-state index in [1.165, 1.54) is 0 Å². The molecule has 0 aromatic carbocycles. The summed E-state index contributed by atoms with van der Waals surface area (Å²) in [5, 5.41) is 10.00. The molecule has 27 heavy (non-hydrogen) atoms. The Morgan fingerprint density at radius 2 is 1.41 bits per heavy atom. The van der Waals surface area contributed by atoms with Gasteiger partial charge in [0.2, 0.25) is 0 Å². The largest absolute Gasteiger partial charge is 0.545 e. The molecule has 1 saturated carbocycles. The lowest BCUT2D eigenvalue weighted by Crippen LogP contribution is -2.65. The van der Waals surface area contributed by atoms with Crippen molar-refractivity contribution < 1.29 is 54.6 Å². The molecule has 0 aromatic heterocycles. The van der Waals surface area contributed by atoms with Gasteiger partial charge in [-0.1, -0.05) is 19.3 Å². The zero-order chi connectivity index (χ0) is 21.1. The maximum Gasteiger partial charge on any atom is 0.381 e. The Bertz CT molecular complexity index is 582. The molecule has 1 rings (SSSR count). The van der Waals surface area contributed by atoms with E-state index in [2.05, 4.69) is 4.74 Å². The standard InChI is InChI=1S/C15H16F8O4/c16-12(17,8-27-11(26)7-6-10(24)25)14(20,21)15(22,23)13(18,19)9-4-2-1-3-5-9/h6-7,9H,1-5,8H2,(H,24,25)/p-1. The van der Waals surface area contributed by atoms with Crippen molar-refractivity contribution >= 4 is 11.9 Å². The van der Waals surface area contributed by atoms with Gasteiger partial charge in [0.15, 0.2) is 6.61 Å². The van der Waals surface area contributed by atoms with Gasteiger partial charge in [-0.05, 0) is 18.9 Å². The van der Waals surface area contributed by atoms with Crippen LogP contribution in [0.5, 0.6) is 0 Å². The Hall–Kier alpha value is -1.88. The molecule has 12 heteroatoms. The molecule has 0 unspecified atom stereocenters. The Kier molecular flexibility index (Phi) is 6.87. The number of aliphatic carboxylic acids is 1. The van der Waals surface area contributed by atoms with Crippen LogP contribution >= 0.6 is 0 Å². The third-order valence-electron chi connectivity index (χ3n) is 4.14. The number of carbonyl (C=O) groups is 2. The van der Waals surface area contributed by atoms with E-state index in [-0.39, 0.29) is 25.0 Å². The van der Waals surface area contributed by atoms with Gasteiger partial charge in [0.1, 0.15) is 0 Å². The molecule has 0 atom stereocenters. The summed E-state index contributed by atoms with van der Waals surface area (Å²) in [6, 6.07) is 0. The molecule has 1 aliphatic rings. The molecule has 0 saturated heterocycles. The summed E-state index contributed by atoms with van der Waals surface area (Å²) in [5.74, 6) is -30.3. The van der Waals surface area contributed by atoms with E-state index in [0.29, 0.717) is 6.42 Å². The first-order chi connectivity index (χ1) is 12.2. The van der Waals surface area contributed by atoms with Gasteiger partial charge in [-0.2, -0.15) is 35.1 Å². The van der Waals surface area contributed by atoms with Crippen LogP contribution < -0.4 is 5.11 Å². The zero-order valence-electron chi connectivity index (χ0n) is 13.6. The Morgan fingerprint density at radius 1 is 0.889 bits per heavy atom. The minimum atomic E-state index is -6.54. The smallest absolute Gasteiger partial charge is 0.381 e. The van der Waals surface area contributed by atoms with Gasteiger partial charge < -0.3 is 14.6 Å². The topological polar surface area (TPSA) is 66.4 Å². The number of halogens is 8. The number of ether oxygens (including phenoxy) is 1. The van der Waals surface area contributed by atoms with Crippen LogP contribution in [0.4, 0.5) is 35.1 Å². The number of esters is 1. The van der Waals surface area contributed by atoms with Gasteiger partial charge in [-0.25, -0.2) is 4.79 Å². The van der Waals surface area contributed by atoms with Crippen LogP contribution in [-0.2, 0) is 14.3 Å². The summed E-state index contributed by atoms with van der Waals surface area (Å²) in [7, 11) is 0. The van der Waals surface area contributed by atoms with Crippen LogP contribution in [-0.4, -0.2) is 42.2 Å². The van der Waals surface area contributed by atoms with Crippen molar-refractivity contribution in [1.29, 1.82) is 0 Å². The predicted octanol–water partition coefficient (Wildman–Crippen LogP) is 2.96. The zero-order valence-corrected chi connectivity index (χ0v) is 13.6. The molecule has 1 fully saturated rings. The van der Waals surface area contributed by atoms with E-state index in [9.17, 15) is 49.8 Å². The van der Waals surface area contributed by atoms with Crippen molar-refractivity contribution in [2.45, 2.75) is 55.8 Å². The number of alkyl halides is 8. The van der Waals surface area contributed by atoms with Crippen molar-refractivity contribution in [3.63, 3.8) is 0 Å². The van der Waals surface area contributed by atoms with E-state index in [4.69, 9.17) is 0 Å². The van der Waals surface area contributed by atoms with Crippen LogP contribution in [0.25, 0.3) is 0 Å². The summed E-state index contributed by atoms with van der Waals surface area (Å²) in [6.45, 7) is -2.66. The number of hydrogen-bond acceptors (Lipinski definition) is 4. The maximum absolute atomic E-state index is 14.0. The lowest BCUT2D eigenvalue weighted by molar-refractivity contribution is -0.380. The third kappa shape index (κ3) is 4.70. The highest BCUT2D eigenvalue weighted by Crippen LogP contribution is 2.56. The monoisotopic (exact) mass is 411 g/mol. The van der Waals surface area contributed by atoms with Gasteiger partial charge >= 0.3 is 29.7 Å². The lowest BCUT2D eigenvalue weighted by atomic mass is 9.80. The number of carboxylic acid groups (broad SMARTS) is 1. The SMILES string of the molecule is O=C([O-])C=CC(=O)OCC(F)(F)C(F)(F)C(F)(F)C(F)(F)C1CCCCC1. The fourth-order valence-electron chi connectivity index (χ4n) is 2.60.